The van der Waals surface area contributed by atoms with Crippen molar-refractivity contribution in [3.05, 3.63) is 15.0 Å². The molecule has 50 valence electrons. The van der Waals surface area contributed by atoms with Crippen LogP contribution in [0, 0.1) is 5.13 Å². The first-order valence-electron chi connectivity index (χ1n) is 2.22. The van der Waals surface area contributed by atoms with E-state index < -0.39 is 0 Å². The Kier molecular flexibility index (Phi) is 2.08. The SMILES string of the molecule is COc1c(Br)csc1F. The lowest BCUT2D eigenvalue weighted by atomic mass is 10.6. The molecule has 1 heterocycles. The van der Waals surface area contributed by atoms with Gasteiger partial charge in [0.2, 0.25) is 5.13 Å². The Bertz CT molecular complexity index is 191. The Morgan fingerprint density at radius 1 is 1.78 bits per heavy atom. The molecule has 0 aliphatic carbocycles. The number of hydrogen-bond donors (Lipinski definition) is 0. The van der Waals surface area contributed by atoms with Gasteiger partial charge < -0.3 is 4.74 Å². The molecule has 0 saturated carbocycles. The molecule has 0 N–H and O–H groups in total. The van der Waals surface area contributed by atoms with E-state index in [-0.39, 0.29) is 5.13 Å². The fourth-order valence-electron chi connectivity index (χ4n) is 0.482. The molecule has 0 amide bonds. The monoisotopic (exact) mass is 210 g/mol. The molecular formula is C5H4BrFOS. The Labute approximate surface area is 64.6 Å². The van der Waals surface area contributed by atoms with E-state index in [9.17, 15) is 4.39 Å². The molecule has 0 bridgehead atoms. The van der Waals surface area contributed by atoms with Gasteiger partial charge in [0, 0.05) is 5.38 Å². The van der Waals surface area contributed by atoms with Crippen LogP contribution in [-0.4, -0.2) is 7.11 Å². The van der Waals surface area contributed by atoms with Crippen LogP contribution >= 0.6 is 27.3 Å². The van der Waals surface area contributed by atoms with Gasteiger partial charge in [0.15, 0.2) is 5.75 Å². The predicted octanol–water partition coefficient (Wildman–Crippen LogP) is 2.66. The van der Waals surface area contributed by atoms with Crippen molar-refractivity contribution in [2.24, 2.45) is 0 Å². The third-order valence-electron chi connectivity index (χ3n) is 0.865. The van der Waals surface area contributed by atoms with Crippen LogP contribution in [0.5, 0.6) is 5.75 Å². The Morgan fingerprint density at radius 3 is 2.67 bits per heavy atom. The van der Waals surface area contributed by atoms with Crippen LogP contribution < -0.4 is 4.74 Å². The maximum atomic E-state index is 12.5. The second-order valence-electron chi connectivity index (χ2n) is 1.39. The predicted molar refractivity (Wildman–Crippen MR) is 38.5 cm³/mol. The average molecular weight is 211 g/mol. The van der Waals surface area contributed by atoms with E-state index in [0.717, 1.165) is 11.3 Å². The first-order chi connectivity index (χ1) is 4.25. The van der Waals surface area contributed by atoms with Gasteiger partial charge >= 0.3 is 0 Å². The van der Waals surface area contributed by atoms with E-state index in [4.69, 9.17) is 4.74 Å². The van der Waals surface area contributed by atoms with Crippen LogP contribution in [0.2, 0.25) is 0 Å². The van der Waals surface area contributed by atoms with Gasteiger partial charge in [-0.05, 0) is 15.9 Å². The minimum Gasteiger partial charge on any atom is -0.492 e. The Hall–Kier alpha value is -0.0900. The minimum absolute atomic E-state index is 0.288. The van der Waals surface area contributed by atoms with Crippen LogP contribution in [0.3, 0.4) is 0 Å². The van der Waals surface area contributed by atoms with Gasteiger partial charge in [0.05, 0.1) is 11.6 Å². The van der Waals surface area contributed by atoms with E-state index in [1.165, 1.54) is 7.11 Å². The van der Waals surface area contributed by atoms with Crippen LogP contribution in [-0.2, 0) is 0 Å². The Morgan fingerprint density at radius 2 is 2.44 bits per heavy atom. The van der Waals surface area contributed by atoms with Gasteiger partial charge in [0.25, 0.3) is 0 Å². The molecule has 1 nitrogen and oxygen atoms in total. The van der Waals surface area contributed by atoms with Crippen LogP contribution in [0.4, 0.5) is 4.39 Å². The van der Waals surface area contributed by atoms with Crippen molar-refractivity contribution in [1.29, 1.82) is 0 Å². The smallest absolute Gasteiger partial charge is 0.219 e. The summed E-state index contributed by atoms with van der Waals surface area (Å²) < 4.78 is 17.9. The second kappa shape index (κ2) is 2.66. The van der Waals surface area contributed by atoms with E-state index in [1.54, 1.807) is 5.38 Å². The number of methoxy groups -OCH3 is 1. The minimum atomic E-state index is -0.288. The van der Waals surface area contributed by atoms with Gasteiger partial charge in [-0.15, -0.1) is 11.3 Å². The first kappa shape index (κ1) is 7.02. The van der Waals surface area contributed by atoms with Crippen LogP contribution in [0.15, 0.2) is 9.85 Å². The fourth-order valence-corrected chi connectivity index (χ4v) is 1.84. The summed E-state index contributed by atoms with van der Waals surface area (Å²) >= 11 is 4.14. The maximum absolute atomic E-state index is 12.5. The molecule has 0 radical (unpaired) electrons. The van der Waals surface area contributed by atoms with Gasteiger partial charge in [-0.2, -0.15) is 4.39 Å². The molecule has 0 saturated heterocycles. The summed E-state index contributed by atoms with van der Waals surface area (Å²) in [5, 5.41) is 1.36. The number of rotatable bonds is 1. The summed E-state index contributed by atoms with van der Waals surface area (Å²) in [4.78, 5) is 0. The first-order valence-corrected chi connectivity index (χ1v) is 3.89. The van der Waals surface area contributed by atoms with Crippen molar-refractivity contribution in [3.8, 4) is 5.75 Å². The fraction of sp³-hybridized carbons (Fsp3) is 0.200. The molecule has 4 heteroatoms. The molecule has 1 aromatic rings. The number of hydrogen-bond acceptors (Lipinski definition) is 2. The van der Waals surface area contributed by atoms with Crippen molar-refractivity contribution in [2.75, 3.05) is 7.11 Å². The molecule has 0 fully saturated rings. The van der Waals surface area contributed by atoms with E-state index in [2.05, 4.69) is 15.9 Å². The van der Waals surface area contributed by atoms with Crippen molar-refractivity contribution in [3.63, 3.8) is 0 Å². The standard InChI is InChI=1S/C5H4BrFOS/c1-8-4-3(6)2-9-5(4)7/h2H,1H3. The average Bonchev–Trinajstić information content (AvgIpc) is 2.12. The molecular weight excluding hydrogens is 207 g/mol. The highest BCUT2D eigenvalue weighted by atomic mass is 79.9. The van der Waals surface area contributed by atoms with Crippen molar-refractivity contribution in [1.82, 2.24) is 0 Å². The topological polar surface area (TPSA) is 9.23 Å². The lowest BCUT2D eigenvalue weighted by Crippen LogP contribution is -1.81. The zero-order valence-corrected chi connectivity index (χ0v) is 7.05. The lowest BCUT2D eigenvalue weighted by molar-refractivity contribution is 0.391. The maximum Gasteiger partial charge on any atom is 0.219 e. The highest BCUT2D eigenvalue weighted by molar-refractivity contribution is 9.10. The van der Waals surface area contributed by atoms with Crippen molar-refractivity contribution >= 4 is 27.3 Å². The lowest BCUT2D eigenvalue weighted by Gasteiger charge is -1.93. The third kappa shape index (κ3) is 1.24. The van der Waals surface area contributed by atoms with Crippen molar-refractivity contribution in [2.45, 2.75) is 0 Å². The van der Waals surface area contributed by atoms with Crippen LogP contribution in [0.1, 0.15) is 0 Å². The molecule has 0 aliphatic rings. The van der Waals surface area contributed by atoms with Crippen LogP contribution in [0.25, 0.3) is 0 Å². The van der Waals surface area contributed by atoms with E-state index >= 15 is 0 Å². The summed E-state index contributed by atoms with van der Waals surface area (Å²) in [6.07, 6.45) is 0. The molecule has 0 spiro atoms. The summed E-state index contributed by atoms with van der Waals surface area (Å²) in [6, 6.07) is 0. The normalized spacial score (nSPS) is 9.67. The second-order valence-corrected chi connectivity index (χ2v) is 3.07. The molecule has 0 atom stereocenters. The third-order valence-corrected chi connectivity index (χ3v) is 2.50. The largest absolute Gasteiger partial charge is 0.492 e. The molecule has 0 aliphatic heterocycles. The molecule has 0 unspecified atom stereocenters. The summed E-state index contributed by atoms with van der Waals surface area (Å²) in [5.41, 5.74) is 0. The van der Waals surface area contributed by atoms with Gasteiger partial charge in [-0.3, -0.25) is 0 Å². The molecule has 0 aromatic carbocycles. The van der Waals surface area contributed by atoms with Gasteiger partial charge in [-0.25, -0.2) is 0 Å². The summed E-state index contributed by atoms with van der Waals surface area (Å²) in [7, 11) is 1.44. The quantitative estimate of drug-likeness (QED) is 0.693. The molecule has 1 rings (SSSR count). The molecule has 1 aromatic heterocycles. The number of thiophene rings is 1. The highest BCUT2D eigenvalue weighted by Gasteiger charge is 2.07. The van der Waals surface area contributed by atoms with E-state index in [0.29, 0.717) is 10.2 Å². The highest BCUT2D eigenvalue weighted by Crippen LogP contribution is 2.32. The van der Waals surface area contributed by atoms with Gasteiger partial charge in [0.1, 0.15) is 0 Å². The Balaban J connectivity index is 3.07. The van der Waals surface area contributed by atoms with Gasteiger partial charge in [-0.1, -0.05) is 0 Å². The van der Waals surface area contributed by atoms with E-state index in [1.807, 2.05) is 0 Å². The summed E-state index contributed by atoms with van der Waals surface area (Å²) in [6.45, 7) is 0. The zero-order chi connectivity index (χ0) is 6.85. The summed E-state index contributed by atoms with van der Waals surface area (Å²) in [5.74, 6) is 0.292. The van der Waals surface area contributed by atoms with Crippen molar-refractivity contribution < 1.29 is 9.13 Å². The zero-order valence-electron chi connectivity index (χ0n) is 4.65. The number of halogens is 2. The number of ether oxygens (including phenoxy) is 1. The molecule has 9 heavy (non-hydrogen) atoms.